The number of carbonyl (C=O) groups is 2. The van der Waals surface area contributed by atoms with Crippen LogP contribution in [0.4, 0.5) is 10.5 Å². The predicted octanol–water partition coefficient (Wildman–Crippen LogP) is 3.34. The molecule has 1 aromatic rings. The quantitative estimate of drug-likeness (QED) is 0.478. The van der Waals surface area contributed by atoms with Crippen LogP contribution in [0, 0.1) is 16.0 Å². The Hall–Kier alpha value is -2.90. The van der Waals surface area contributed by atoms with Crippen LogP contribution in [0.1, 0.15) is 51.1 Å². The number of hydrogen-bond donors (Lipinski definition) is 2. The van der Waals surface area contributed by atoms with Crippen LogP contribution in [0.25, 0.3) is 0 Å². The van der Waals surface area contributed by atoms with E-state index < -0.39 is 23.0 Å². The van der Waals surface area contributed by atoms with Gasteiger partial charge in [0.2, 0.25) is 0 Å². The standard InChI is InChI=1S/C19H23N3O5/c1-11-5-3-8-15(9-11)27-18(23)16-12(2)20-19(24)21-17(16)13-6-4-7-14(10-13)22(25)26/h4,6-7,10-11,15,17H,3,5,8-9H2,1-2H3,(H2,20,21,24)/t11-,15-,17+/m1/s1. The first-order chi connectivity index (χ1) is 12.8. The second kappa shape index (κ2) is 7.77. The van der Waals surface area contributed by atoms with Crippen molar-refractivity contribution in [3.05, 3.63) is 51.2 Å². The van der Waals surface area contributed by atoms with Gasteiger partial charge in [0.1, 0.15) is 6.10 Å². The first-order valence-electron chi connectivity index (χ1n) is 9.08. The van der Waals surface area contributed by atoms with Gasteiger partial charge in [-0.1, -0.05) is 25.5 Å². The molecule has 0 aromatic heterocycles. The van der Waals surface area contributed by atoms with E-state index in [-0.39, 0.29) is 17.4 Å². The molecule has 2 amide bonds. The maximum Gasteiger partial charge on any atom is 0.338 e. The monoisotopic (exact) mass is 373 g/mol. The second-order valence-corrected chi connectivity index (χ2v) is 7.22. The summed E-state index contributed by atoms with van der Waals surface area (Å²) in [7, 11) is 0. The minimum absolute atomic E-state index is 0.105. The molecule has 8 nitrogen and oxygen atoms in total. The van der Waals surface area contributed by atoms with E-state index in [1.165, 1.54) is 18.2 Å². The predicted molar refractivity (Wildman–Crippen MR) is 97.7 cm³/mol. The van der Waals surface area contributed by atoms with E-state index in [4.69, 9.17) is 4.74 Å². The van der Waals surface area contributed by atoms with Crippen LogP contribution >= 0.6 is 0 Å². The lowest BCUT2D eigenvalue weighted by Crippen LogP contribution is -2.45. The molecule has 0 spiro atoms. The van der Waals surface area contributed by atoms with Crippen molar-refractivity contribution in [2.45, 2.75) is 51.7 Å². The van der Waals surface area contributed by atoms with Gasteiger partial charge in [-0.25, -0.2) is 9.59 Å². The lowest BCUT2D eigenvalue weighted by atomic mass is 9.88. The summed E-state index contributed by atoms with van der Waals surface area (Å²) < 4.78 is 5.71. The van der Waals surface area contributed by atoms with Crippen LogP contribution < -0.4 is 10.6 Å². The molecule has 1 aliphatic heterocycles. The second-order valence-electron chi connectivity index (χ2n) is 7.22. The van der Waals surface area contributed by atoms with E-state index in [1.807, 2.05) is 0 Å². The Morgan fingerprint density at radius 3 is 2.81 bits per heavy atom. The molecule has 144 valence electrons. The average molecular weight is 373 g/mol. The van der Waals surface area contributed by atoms with Gasteiger partial charge < -0.3 is 15.4 Å². The van der Waals surface area contributed by atoms with Crippen LogP contribution in [0.15, 0.2) is 35.5 Å². The van der Waals surface area contributed by atoms with E-state index in [0.717, 1.165) is 25.7 Å². The number of urea groups is 1. The average Bonchev–Trinajstić information content (AvgIpc) is 2.61. The van der Waals surface area contributed by atoms with Crippen molar-refractivity contribution >= 4 is 17.7 Å². The number of benzene rings is 1. The number of nitrogens with one attached hydrogen (secondary N) is 2. The van der Waals surface area contributed by atoms with Crippen molar-refractivity contribution in [1.29, 1.82) is 0 Å². The van der Waals surface area contributed by atoms with Crippen molar-refractivity contribution in [2.24, 2.45) is 5.92 Å². The largest absolute Gasteiger partial charge is 0.459 e. The summed E-state index contributed by atoms with van der Waals surface area (Å²) in [5, 5.41) is 16.3. The molecule has 1 heterocycles. The molecule has 1 saturated carbocycles. The lowest BCUT2D eigenvalue weighted by Gasteiger charge is -2.31. The highest BCUT2D eigenvalue weighted by Crippen LogP contribution is 2.32. The Kier molecular flexibility index (Phi) is 5.43. The third-order valence-electron chi connectivity index (χ3n) is 5.07. The highest BCUT2D eigenvalue weighted by Gasteiger charge is 2.34. The zero-order valence-corrected chi connectivity index (χ0v) is 15.4. The number of hydrogen-bond acceptors (Lipinski definition) is 5. The molecule has 0 bridgehead atoms. The first kappa shape index (κ1) is 18.9. The molecular weight excluding hydrogens is 350 g/mol. The Balaban J connectivity index is 1.88. The molecule has 0 unspecified atom stereocenters. The SMILES string of the molecule is CC1=C(C(=O)O[C@@H]2CCC[C@@H](C)C2)[C@H](c2cccc([N+](=O)[O-])c2)NC(=O)N1. The number of carbonyl (C=O) groups excluding carboxylic acids is 2. The summed E-state index contributed by atoms with van der Waals surface area (Å²) in [6.07, 6.45) is 3.64. The highest BCUT2D eigenvalue weighted by atomic mass is 16.6. The number of nitrogens with zero attached hydrogens (tertiary/aromatic N) is 1. The number of non-ortho nitro benzene ring substituents is 1. The van der Waals surface area contributed by atoms with Crippen LogP contribution in [0.3, 0.4) is 0 Å². The molecular formula is C19H23N3O5. The molecule has 2 N–H and O–H groups in total. The zero-order chi connectivity index (χ0) is 19.6. The maximum absolute atomic E-state index is 12.9. The Morgan fingerprint density at radius 1 is 1.33 bits per heavy atom. The van der Waals surface area contributed by atoms with Gasteiger partial charge in [-0.05, 0) is 37.7 Å². The fraction of sp³-hybridized carbons (Fsp3) is 0.474. The normalized spacial score (nSPS) is 25.4. The zero-order valence-electron chi connectivity index (χ0n) is 15.4. The molecule has 0 saturated heterocycles. The van der Waals surface area contributed by atoms with Gasteiger partial charge in [0.25, 0.3) is 5.69 Å². The van der Waals surface area contributed by atoms with Gasteiger partial charge in [-0.2, -0.15) is 0 Å². The van der Waals surface area contributed by atoms with Gasteiger partial charge in [0.05, 0.1) is 16.5 Å². The van der Waals surface area contributed by atoms with Crippen molar-refractivity contribution in [1.82, 2.24) is 10.6 Å². The molecule has 0 radical (unpaired) electrons. The number of allylic oxidation sites excluding steroid dienone is 1. The third kappa shape index (κ3) is 4.27. The smallest absolute Gasteiger partial charge is 0.338 e. The summed E-state index contributed by atoms with van der Waals surface area (Å²) in [6, 6.07) is 4.64. The summed E-state index contributed by atoms with van der Waals surface area (Å²) >= 11 is 0. The molecule has 2 aliphatic rings. The number of ether oxygens (including phenoxy) is 1. The van der Waals surface area contributed by atoms with E-state index in [9.17, 15) is 19.7 Å². The lowest BCUT2D eigenvalue weighted by molar-refractivity contribution is -0.384. The fourth-order valence-electron chi connectivity index (χ4n) is 3.73. The van der Waals surface area contributed by atoms with Gasteiger partial charge in [-0.3, -0.25) is 10.1 Å². The fourth-order valence-corrected chi connectivity index (χ4v) is 3.73. The van der Waals surface area contributed by atoms with E-state index in [0.29, 0.717) is 17.2 Å². The van der Waals surface area contributed by atoms with Crippen LogP contribution in [-0.2, 0) is 9.53 Å². The summed E-state index contributed by atoms with van der Waals surface area (Å²) in [6.45, 7) is 3.77. The van der Waals surface area contributed by atoms with Crippen molar-refractivity contribution in [3.8, 4) is 0 Å². The van der Waals surface area contributed by atoms with Gasteiger partial charge in [-0.15, -0.1) is 0 Å². The molecule has 8 heteroatoms. The number of esters is 1. The number of nitro groups is 1. The summed E-state index contributed by atoms with van der Waals surface area (Å²) in [5.74, 6) is -0.000939. The first-order valence-corrected chi connectivity index (χ1v) is 9.08. The minimum Gasteiger partial charge on any atom is -0.459 e. The highest BCUT2D eigenvalue weighted by molar-refractivity contribution is 5.95. The van der Waals surface area contributed by atoms with Crippen molar-refractivity contribution < 1.29 is 19.2 Å². The topological polar surface area (TPSA) is 111 Å². The Labute approximate surface area is 157 Å². The summed E-state index contributed by atoms with van der Waals surface area (Å²) in [5.41, 5.74) is 1.02. The molecule has 27 heavy (non-hydrogen) atoms. The molecule has 1 aromatic carbocycles. The van der Waals surface area contributed by atoms with Gasteiger partial charge >= 0.3 is 12.0 Å². The van der Waals surface area contributed by atoms with E-state index >= 15 is 0 Å². The van der Waals surface area contributed by atoms with Crippen LogP contribution in [0.5, 0.6) is 0 Å². The summed E-state index contributed by atoms with van der Waals surface area (Å²) in [4.78, 5) is 35.4. The molecule has 3 atom stereocenters. The van der Waals surface area contributed by atoms with Gasteiger partial charge in [0, 0.05) is 17.8 Å². The molecule has 1 aliphatic carbocycles. The Bertz CT molecular complexity index is 804. The van der Waals surface area contributed by atoms with Crippen LogP contribution in [-0.4, -0.2) is 23.0 Å². The number of rotatable bonds is 4. The van der Waals surface area contributed by atoms with Crippen molar-refractivity contribution in [3.63, 3.8) is 0 Å². The number of amides is 2. The molecule has 3 rings (SSSR count). The maximum atomic E-state index is 12.9. The van der Waals surface area contributed by atoms with E-state index in [2.05, 4.69) is 17.6 Å². The minimum atomic E-state index is -0.799. The van der Waals surface area contributed by atoms with Gasteiger partial charge in [0.15, 0.2) is 0 Å². The number of nitro benzene ring substituents is 1. The third-order valence-corrected chi connectivity index (χ3v) is 5.07. The van der Waals surface area contributed by atoms with E-state index in [1.54, 1.807) is 13.0 Å². The van der Waals surface area contributed by atoms with Crippen LogP contribution in [0.2, 0.25) is 0 Å². The Morgan fingerprint density at radius 2 is 2.11 bits per heavy atom. The van der Waals surface area contributed by atoms with Crippen molar-refractivity contribution in [2.75, 3.05) is 0 Å². The molecule has 1 fully saturated rings.